The van der Waals surface area contributed by atoms with Crippen molar-refractivity contribution in [3.05, 3.63) is 22.2 Å². The molecule has 1 atom stereocenters. The molecule has 1 saturated heterocycles. The lowest BCUT2D eigenvalue weighted by atomic mass is 9.99. The highest BCUT2D eigenvalue weighted by atomic mass is 79.9. The molecule has 1 heterocycles. The van der Waals surface area contributed by atoms with Gasteiger partial charge in [-0.3, -0.25) is 4.90 Å². The molecule has 0 aromatic heterocycles. The smallest absolute Gasteiger partial charge is 0.172 e. The molecule has 3 nitrogen and oxygen atoms in total. The van der Waals surface area contributed by atoms with E-state index in [9.17, 15) is 5.11 Å². The van der Waals surface area contributed by atoms with Crippen molar-refractivity contribution in [1.82, 2.24) is 4.90 Å². The van der Waals surface area contributed by atoms with E-state index < -0.39 is 0 Å². The van der Waals surface area contributed by atoms with Crippen LogP contribution < -0.4 is 4.74 Å². The number of hydrogen-bond acceptors (Lipinski definition) is 3. The fourth-order valence-corrected chi connectivity index (χ4v) is 3.33. The summed E-state index contributed by atoms with van der Waals surface area (Å²) in [5.41, 5.74) is 1.18. The van der Waals surface area contributed by atoms with Crippen molar-refractivity contribution in [1.29, 1.82) is 0 Å². The summed E-state index contributed by atoms with van der Waals surface area (Å²) in [6, 6.07) is 4.60. The lowest BCUT2D eigenvalue weighted by molar-refractivity contribution is 0.136. The van der Waals surface area contributed by atoms with Crippen LogP contribution in [0.2, 0.25) is 0 Å². The number of aromatic hydroxyl groups is 1. The van der Waals surface area contributed by atoms with Gasteiger partial charge in [-0.2, -0.15) is 0 Å². The molecule has 1 aromatic rings. The molecule has 0 amide bonds. The van der Waals surface area contributed by atoms with Crippen LogP contribution in [0.5, 0.6) is 11.5 Å². The number of phenolic OH excluding ortho intramolecular Hbond substituents is 1. The van der Waals surface area contributed by atoms with Crippen LogP contribution in [0.25, 0.3) is 0 Å². The molecule has 0 saturated carbocycles. The van der Waals surface area contributed by atoms with Crippen molar-refractivity contribution in [2.45, 2.75) is 45.2 Å². The maximum absolute atomic E-state index is 9.84. The van der Waals surface area contributed by atoms with Crippen LogP contribution in [0.4, 0.5) is 0 Å². The molecule has 1 N–H and O–H groups in total. The van der Waals surface area contributed by atoms with Crippen LogP contribution in [-0.2, 0) is 6.54 Å². The first-order valence-electron chi connectivity index (χ1n) is 6.95. The fourth-order valence-electron chi connectivity index (χ4n) is 2.84. The Bertz CT molecular complexity index is 436. The summed E-state index contributed by atoms with van der Waals surface area (Å²) < 4.78 is 5.91. The molecule has 0 radical (unpaired) electrons. The molecule has 0 bridgehead atoms. The summed E-state index contributed by atoms with van der Waals surface area (Å²) in [6.07, 6.45) is 5.13. The van der Waals surface area contributed by atoms with Gasteiger partial charge in [-0.05, 0) is 59.4 Å². The molecule has 0 spiro atoms. The molecule has 2 rings (SSSR count). The van der Waals surface area contributed by atoms with E-state index in [0.717, 1.165) is 6.54 Å². The number of halogens is 1. The Labute approximate surface area is 123 Å². The third-order valence-electron chi connectivity index (χ3n) is 3.91. The minimum atomic E-state index is 0.178. The number of rotatable bonds is 4. The summed E-state index contributed by atoms with van der Waals surface area (Å²) >= 11 is 3.39. The van der Waals surface area contributed by atoms with Gasteiger partial charge in [-0.1, -0.05) is 13.3 Å². The van der Waals surface area contributed by atoms with E-state index in [1.807, 2.05) is 12.1 Å². The van der Waals surface area contributed by atoms with Crippen molar-refractivity contribution < 1.29 is 9.84 Å². The standard InChI is InChI=1S/C15H22BrNO2/c1-3-12-6-4-5-7-17(12)10-11-8-13(16)15(18)14(9-11)19-2/h8-9,12,18H,3-7,10H2,1-2H3/t12-/m0/s1. The van der Waals surface area contributed by atoms with Crippen LogP contribution in [-0.4, -0.2) is 29.7 Å². The first-order chi connectivity index (χ1) is 9.15. The van der Waals surface area contributed by atoms with Gasteiger partial charge in [0, 0.05) is 12.6 Å². The summed E-state index contributed by atoms with van der Waals surface area (Å²) in [7, 11) is 1.58. The molecular formula is C15H22BrNO2. The van der Waals surface area contributed by atoms with Gasteiger partial charge in [0.25, 0.3) is 0 Å². The highest BCUT2D eigenvalue weighted by molar-refractivity contribution is 9.10. The topological polar surface area (TPSA) is 32.7 Å². The largest absolute Gasteiger partial charge is 0.503 e. The van der Waals surface area contributed by atoms with Gasteiger partial charge < -0.3 is 9.84 Å². The van der Waals surface area contributed by atoms with Crippen molar-refractivity contribution in [3.63, 3.8) is 0 Å². The number of benzene rings is 1. The maximum atomic E-state index is 9.84. The number of piperidine rings is 1. The highest BCUT2D eigenvalue weighted by Gasteiger charge is 2.21. The van der Waals surface area contributed by atoms with E-state index in [2.05, 4.69) is 27.8 Å². The van der Waals surface area contributed by atoms with Gasteiger partial charge in [0.2, 0.25) is 0 Å². The van der Waals surface area contributed by atoms with E-state index in [-0.39, 0.29) is 5.75 Å². The first kappa shape index (κ1) is 14.7. The van der Waals surface area contributed by atoms with Crippen LogP contribution in [0.15, 0.2) is 16.6 Å². The molecule has 0 unspecified atom stereocenters. The van der Waals surface area contributed by atoms with Gasteiger partial charge in [-0.25, -0.2) is 0 Å². The zero-order valence-electron chi connectivity index (χ0n) is 11.7. The van der Waals surface area contributed by atoms with Crippen molar-refractivity contribution in [2.75, 3.05) is 13.7 Å². The lowest BCUT2D eigenvalue weighted by Crippen LogP contribution is -2.38. The molecule has 1 aliphatic rings. The lowest BCUT2D eigenvalue weighted by Gasteiger charge is -2.35. The van der Waals surface area contributed by atoms with Crippen LogP contribution in [0.1, 0.15) is 38.2 Å². The molecule has 1 aliphatic heterocycles. The Morgan fingerprint density at radius 1 is 1.42 bits per heavy atom. The minimum Gasteiger partial charge on any atom is -0.503 e. The van der Waals surface area contributed by atoms with Crippen molar-refractivity contribution in [2.24, 2.45) is 0 Å². The fraction of sp³-hybridized carbons (Fsp3) is 0.600. The van der Waals surface area contributed by atoms with Gasteiger partial charge >= 0.3 is 0 Å². The number of ether oxygens (including phenoxy) is 1. The molecule has 1 fully saturated rings. The molecule has 106 valence electrons. The number of hydrogen-bond donors (Lipinski definition) is 1. The second-order valence-corrected chi connectivity index (χ2v) is 6.01. The minimum absolute atomic E-state index is 0.178. The number of methoxy groups -OCH3 is 1. The number of nitrogens with zero attached hydrogens (tertiary/aromatic N) is 1. The Morgan fingerprint density at radius 2 is 2.21 bits per heavy atom. The normalized spacial score (nSPS) is 20.5. The third-order valence-corrected chi connectivity index (χ3v) is 4.52. The molecule has 19 heavy (non-hydrogen) atoms. The highest BCUT2D eigenvalue weighted by Crippen LogP contribution is 2.36. The van der Waals surface area contributed by atoms with Gasteiger partial charge in [0.1, 0.15) is 0 Å². The van der Waals surface area contributed by atoms with Crippen LogP contribution in [0, 0.1) is 0 Å². The molecular weight excluding hydrogens is 306 g/mol. The predicted octanol–water partition coefficient (Wildman–Crippen LogP) is 3.93. The quantitative estimate of drug-likeness (QED) is 0.909. The molecule has 1 aromatic carbocycles. The van der Waals surface area contributed by atoms with Gasteiger partial charge in [0.05, 0.1) is 11.6 Å². The van der Waals surface area contributed by atoms with Crippen molar-refractivity contribution in [3.8, 4) is 11.5 Å². The first-order valence-corrected chi connectivity index (χ1v) is 7.74. The van der Waals surface area contributed by atoms with E-state index >= 15 is 0 Å². The van der Waals surface area contributed by atoms with Crippen molar-refractivity contribution >= 4 is 15.9 Å². The zero-order chi connectivity index (χ0) is 13.8. The average Bonchev–Trinajstić information content (AvgIpc) is 2.43. The summed E-state index contributed by atoms with van der Waals surface area (Å²) in [6.45, 7) is 4.35. The summed E-state index contributed by atoms with van der Waals surface area (Å²) in [4.78, 5) is 2.54. The Hall–Kier alpha value is -0.740. The zero-order valence-corrected chi connectivity index (χ0v) is 13.2. The second-order valence-electron chi connectivity index (χ2n) is 5.16. The Morgan fingerprint density at radius 3 is 2.89 bits per heavy atom. The van der Waals surface area contributed by atoms with E-state index in [1.165, 1.54) is 37.8 Å². The SMILES string of the molecule is CC[C@H]1CCCCN1Cc1cc(Br)c(O)c(OC)c1. The second kappa shape index (κ2) is 6.62. The Balaban J connectivity index is 2.16. The van der Waals surface area contributed by atoms with E-state index in [4.69, 9.17) is 4.74 Å². The third kappa shape index (κ3) is 3.42. The maximum Gasteiger partial charge on any atom is 0.172 e. The molecule has 4 heteroatoms. The summed E-state index contributed by atoms with van der Waals surface area (Å²) in [5, 5.41) is 9.84. The molecule has 0 aliphatic carbocycles. The van der Waals surface area contributed by atoms with Gasteiger partial charge in [0.15, 0.2) is 11.5 Å². The number of likely N-dealkylation sites (tertiary alicyclic amines) is 1. The van der Waals surface area contributed by atoms with Gasteiger partial charge in [-0.15, -0.1) is 0 Å². The van der Waals surface area contributed by atoms with Crippen LogP contribution in [0.3, 0.4) is 0 Å². The van der Waals surface area contributed by atoms with E-state index in [1.54, 1.807) is 7.11 Å². The van der Waals surface area contributed by atoms with Crippen LogP contribution >= 0.6 is 15.9 Å². The van der Waals surface area contributed by atoms with E-state index in [0.29, 0.717) is 16.3 Å². The number of phenols is 1. The Kier molecular flexibility index (Phi) is 5.11. The predicted molar refractivity (Wildman–Crippen MR) is 80.7 cm³/mol. The average molecular weight is 328 g/mol. The summed E-state index contributed by atoms with van der Waals surface area (Å²) in [5.74, 6) is 0.714. The monoisotopic (exact) mass is 327 g/mol.